The minimum Gasteiger partial charge on any atom is -0.324 e. The van der Waals surface area contributed by atoms with Gasteiger partial charge in [0.05, 0.1) is 6.42 Å². The molecular formula is C17H22ClN3O3. The predicted octanol–water partition coefficient (Wildman–Crippen LogP) is 3.20. The summed E-state index contributed by atoms with van der Waals surface area (Å²) in [5.74, 6) is 0.0321. The second-order valence-corrected chi connectivity index (χ2v) is 6.83. The van der Waals surface area contributed by atoms with Gasteiger partial charge in [0.2, 0.25) is 5.91 Å². The number of likely N-dealkylation sites (tertiary alicyclic amines) is 1. The third kappa shape index (κ3) is 3.35. The summed E-state index contributed by atoms with van der Waals surface area (Å²) in [6.45, 7) is 5.50. The highest BCUT2D eigenvalue weighted by Gasteiger charge is 2.46. The quantitative estimate of drug-likeness (QED) is 0.890. The van der Waals surface area contributed by atoms with Crippen molar-refractivity contribution in [3.8, 4) is 0 Å². The summed E-state index contributed by atoms with van der Waals surface area (Å²) in [6.07, 6.45) is 1.73. The molecule has 0 bridgehead atoms. The van der Waals surface area contributed by atoms with Gasteiger partial charge in [-0.1, -0.05) is 17.7 Å². The first-order valence-electron chi connectivity index (χ1n) is 8.24. The van der Waals surface area contributed by atoms with Gasteiger partial charge >= 0.3 is 6.03 Å². The van der Waals surface area contributed by atoms with E-state index in [0.29, 0.717) is 49.6 Å². The molecule has 1 N–H and O–H groups in total. The minimum absolute atomic E-state index is 0.0321. The third-order valence-electron chi connectivity index (χ3n) is 4.73. The first-order valence-corrected chi connectivity index (χ1v) is 8.62. The molecule has 6 nitrogen and oxygen atoms in total. The third-order valence-corrected chi connectivity index (χ3v) is 5.13. The molecule has 0 atom stereocenters. The molecule has 130 valence electrons. The number of aryl methyl sites for hydroxylation is 1. The highest BCUT2D eigenvalue weighted by molar-refractivity contribution is 6.31. The van der Waals surface area contributed by atoms with Crippen LogP contribution in [0.15, 0.2) is 18.2 Å². The summed E-state index contributed by atoms with van der Waals surface area (Å²) in [6, 6.07) is 5.31. The van der Waals surface area contributed by atoms with Crippen molar-refractivity contribution in [1.29, 1.82) is 0 Å². The summed E-state index contributed by atoms with van der Waals surface area (Å²) < 4.78 is 0. The molecule has 3 amide bonds. The van der Waals surface area contributed by atoms with E-state index in [9.17, 15) is 9.59 Å². The van der Waals surface area contributed by atoms with Gasteiger partial charge in [0, 0.05) is 30.3 Å². The molecule has 0 aromatic heterocycles. The number of rotatable bonds is 2. The van der Waals surface area contributed by atoms with Crippen LogP contribution in [-0.4, -0.2) is 47.1 Å². The molecule has 0 aliphatic carbocycles. The lowest BCUT2D eigenvalue weighted by Gasteiger charge is -2.37. The van der Waals surface area contributed by atoms with Gasteiger partial charge in [-0.3, -0.25) is 9.63 Å². The van der Waals surface area contributed by atoms with Crippen molar-refractivity contribution in [2.24, 2.45) is 0 Å². The summed E-state index contributed by atoms with van der Waals surface area (Å²) in [4.78, 5) is 31.9. The van der Waals surface area contributed by atoms with Crippen LogP contribution in [0.2, 0.25) is 5.02 Å². The Morgan fingerprint density at radius 3 is 2.67 bits per heavy atom. The van der Waals surface area contributed by atoms with Gasteiger partial charge in [0.25, 0.3) is 0 Å². The number of carbonyl (C=O) groups excluding carboxylic acids is 2. The standard InChI is InChI=1S/C17H22ClN3O3/c1-3-21-15(22)11-17(24-21)6-8-20(9-7-17)16(23)19-13-5-4-12(2)14(18)10-13/h4-5,10H,3,6-9,11H2,1-2H3,(H,19,23). The van der Waals surface area contributed by atoms with Crippen molar-refractivity contribution in [2.45, 2.75) is 38.7 Å². The molecule has 2 heterocycles. The van der Waals surface area contributed by atoms with Gasteiger partial charge in [-0.05, 0) is 44.4 Å². The molecule has 1 aromatic carbocycles. The highest BCUT2D eigenvalue weighted by atomic mass is 35.5. The Balaban J connectivity index is 1.57. The number of hydrogen-bond acceptors (Lipinski definition) is 3. The Morgan fingerprint density at radius 1 is 1.38 bits per heavy atom. The van der Waals surface area contributed by atoms with Crippen LogP contribution < -0.4 is 5.32 Å². The molecule has 2 fully saturated rings. The van der Waals surface area contributed by atoms with E-state index in [-0.39, 0.29) is 11.9 Å². The second kappa shape index (κ2) is 6.61. The Morgan fingerprint density at radius 2 is 2.08 bits per heavy atom. The fraction of sp³-hybridized carbons (Fsp3) is 0.529. The van der Waals surface area contributed by atoms with Crippen molar-refractivity contribution in [3.63, 3.8) is 0 Å². The molecule has 1 aromatic rings. The van der Waals surface area contributed by atoms with Gasteiger partial charge in [0.15, 0.2) is 0 Å². The summed E-state index contributed by atoms with van der Waals surface area (Å²) in [5.41, 5.74) is 1.22. The van der Waals surface area contributed by atoms with E-state index < -0.39 is 5.60 Å². The van der Waals surface area contributed by atoms with Crippen molar-refractivity contribution < 1.29 is 14.4 Å². The maximum absolute atomic E-state index is 12.4. The van der Waals surface area contributed by atoms with E-state index in [0.717, 1.165) is 5.56 Å². The molecule has 0 saturated carbocycles. The number of hydrogen-bond donors (Lipinski definition) is 1. The van der Waals surface area contributed by atoms with Gasteiger partial charge in [-0.15, -0.1) is 0 Å². The van der Waals surface area contributed by atoms with Crippen LogP contribution in [0.4, 0.5) is 10.5 Å². The zero-order valence-electron chi connectivity index (χ0n) is 14.0. The number of halogens is 1. The summed E-state index contributed by atoms with van der Waals surface area (Å²) in [7, 11) is 0. The van der Waals surface area contributed by atoms with Crippen molar-refractivity contribution >= 4 is 29.2 Å². The van der Waals surface area contributed by atoms with Gasteiger partial charge in [-0.2, -0.15) is 0 Å². The number of benzene rings is 1. The normalized spacial score (nSPS) is 19.9. The van der Waals surface area contributed by atoms with Crippen molar-refractivity contribution in [1.82, 2.24) is 9.96 Å². The lowest BCUT2D eigenvalue weighted by Crippen LogP contribution is -2.48. The number of nitrogens with one attached hydrogen (secondary N) is 1. The number of amides is 3. The number of urea groups is 1. The van der Waals surface area contributed by atoms with E-state index in [1.54, 1.807) is 11.0 Å². The average molecular weight is 352 g/mol. The first-order chi connectivity index (χ1) is 11.4. The Hall–Kier alpha value is -1.79. The van der Waals surface area contributed by atoms with Gasteiger partial charge in [-0.25, -0.2) is 9.86 Å². The fourth-order valence-corrected chi connectivity index (χ4v) is 3.36. The lowest BCUT2D eigenvalue weighted by atomic mass is 9.89. The van der Waals surface area contributed by atoms with Crippen molar-refractivity contribution in [3.05, 3.63) is 28.8 Å². The van der Waals surface area contributed by atoms with E-state index in [1.807, 2.05) is 26.0 Å². The van der Waals surface area contributed by atoms with E-state index in [1.165, 1.54) is 5.06 Å². The second-order valence-electron chi connectivity index (χ2n) is 6.42. The van der Waals surface area contributed by atoms with E-state index in [4.69, 9.17) is 16.4 Å². The maximum Gasteiger partial charge on any atom is 0.321 e. The zero-order valence-corrected chi connectivity index (χ0v) is 14.7. The Bertz CT molecular complexity index is 656. The predicted molar refractivity (Wildman–Crippen MR) is 91.8 cm³/mol. The molecule has 2 aliphatic rings. The minimum atomic E-state index is -0.433. The van der Waals surface area contributed by atoms with Crippen LogP contribution in [0.25, 0.3) is 0 Å². The Labute approximate surface area is 146 Å². The van der Waals surface area contributed by atoms with Gasteiger partial charge in [0.1, 0.15) is 5.60 Å². The number of anilines is 1. The molecular weight excluding hydrogens is 330 g/mol. The monoisotopic (exact) mass is 351 g/mol. The molecule has 2 aliphatic heterocycles. The molecule has 3 rings (SSSR count). The largest absolute Gasteiger partial charge is 0.324 e. The summed E-state index contributed by atoms with van der Waals surface area (Å²) in [5, 5.41) is 4.93. The molecule has 0 unspecified atom stereocenters. The fourth-order valence-electron chi connectivity index (χ4n) is 3.18. The topological polar surface area (TPSA) is 61.9 Å². The van der Waals surface area contributed by atoms with Crippen LogP contribution in [0.5, 0.6) is 0 Å². The SMILES string of the molecule is CCN1OC2(CCN(C(=O)Nc3ccc(C)c(Cl)c3)CC2)CC1=O. The number of nitrogens with zero attached hydrogens (tertiary/aromatic N) is 2. The first kappa shape index (κ1) is 17.0. The number of carbonyl (C=O) groups is 2. The van der Waals surface area contributed by atoms with Crippen LogP contribution in [0, 0.1) is 6.92 Å². The molecule has 1 spiro atoms. The average Bonchev–Trinajstić information content (AvgIpc) is 2.87. The van der Waals surface area contributed by atoms with E-state index >= 15 is 0 Å². The van der Waals surface area contributed by atoms with Crippen LogP contribution in [0.3, 0.4) is 0 Å². The summed E-state index contributed by atoms with van der Waals surface area (Å²) >= 11 is 6.09. The van der Waals surface area contributed by atoms with E-state index in [2.05, 4.69) is 5.32 Å². The number of hydroxylamine groups is 2. The zero-order chi connectivity index (χ0) is 17.3. The number of piperidine rings is 1. The maximum atomic E-state index is 12.4. The highest BCUT2D eigenvalue weighted by Crippen LogP contribution is 2.36. The molecule has 24 heavy (non-hydrogen) atoms. The van der Waals surface area contributed by atoms with Crippen LogP contribution in [0.1, 0.15) is 31.7 Å². The molecule has 7 heteroatoms. The van der Waals surface area contributed by atoms with Gasteiger partial charge < -0.3 is 10.2 Å². The van der Waals surface area contributed by atoms with Crippen LogP contribution >= 0.6 is 11.6 Å². The molecule has 0 radical (unpaired) electrons. The molecule has 2 saturated heterocycles. The smallest absolute Gasteiger partial charge is 0.321 e. The van der Waals surface area contributed by atoms with Crippen LogP contribution in [-0.2, 0) is 9.63 Å². The van der Waals surface area contributed by atoms with Crippen molar-refractivity contribution in [2.75, 3.05) is 25.0 Å². The lowest BCUT2D eigenvalue weighted by molar-refractivity contribution is -0.206. The Kier molecular flexibility index (Phi) is 4.69.